The lowest BCUT2D eigenvalue weighted by Crippen LogP contribution is -2.06. The van der Waals surface area contributed by atoms with Crippen LogP contribution < -0.4 is 5.32 Å². The second-order valence-electron chi connectivity index (χ2n) is 3.94. The van der Waals surface area contributed by atoms with Crippen LogP contribution in [-0.4, -0.2) is 14.3 Å². The molecule has 0 spiro atoms. The van der Waals surface area contributed by atoms with Crippen LogP contribution in [0.15, 0.2) is 10.6 Å². The molecule has 2 aromatic rings. The van der Waals surface area contributed by atoms with Gasteiger partial charge in [-0.15, -0.1) is 0 Å². The lowest BCUT2D eigenvalue weighted by Gasteiger charge is -2.07. The summed E-state index contributed by atoms with van der Waals surface area (Å²) < 4.78 is 9.73. The average Bonchev–Trinajstić information content (AvgIpc) is 2.88. The van der Waals surface area contributed by atoms with E-state index in [1.807, 2.05) is 13.8 Å². The highest BCUT2D eigenvalue weighted by Gasteiger charge is 2.13. The maximum atomic E-state index is 5.45. The predicted octanol–water partition coefficient (Wildman–Crippen LogP) is 2.96. The van der Waals surface area contributed by atoms with Gasteiger partial charge in [0.15, 0.2) is 0 Å². The first kappa shape index (κ1) is 12.0. The van der Waals surface area contributed by atoms with Crippen molar-refractivity contribution in [3.8, 4) is 0 Å². The molecule has 2 heterocycles. The highest BCUT2D eigenvalue weighted by atomic mass is 32.1. The van der Waals surface area contributed by atoms with Gasteiger partial charge >= 0.3 is 0 Å². The monoisotopic (exact) mass is 252 g/mol. The van der Waals surface area contributed by atoms with Gasteiger partial charge in [0.05, 0.1) is 6.20 Å². The zero-order valence-corrected chi connectivity index (χ0v) is 11.0. The minimum Gasteiger partial charge on any atom is -0.444 e. The second-order valence-corrected chi connectivity index (χ2v) is 4.69. The molecule has 92 valence electrons. The minimum atomic E-state index is 0.00567. The normalized spacial score (nSPS) is 12.6. The third-order valence-electron chi connectivity index (χ3n) is 2.29. The molecular weight excluding hydrogens is 236 g/mol. The topological polar surface area (TPSA) is 63.8 Å². The van der Waals surface area contributed by atoms with Crippen LogP contribution in [0.25, 0.3) is 0 Å². The Morgan fingerprint density at radius 3 is 3.00 bits per heavy atom. The molecule has 0 radical (unpaired) electrons. The number of nitrogens with zero attached hydrogens (tertiary/aromatic N) is 3. The average molecular weight is 252 g/mol. The molecule has 0 aliphatic carbocycles. The van der Waals surface area contributed by atoms with E-state index in [1.165, 1.54) is 11.5 Å². The van der Waals surface area contributed by atoms with Gasteiger partial charge in [0.2, 0.25) is 11.0 Å². The molecule has 0 bridgehead atoms. The Kier molecular flexibility index (Phi) is 3.73. The first-order valence-corrected chi connectivity index (χ1v) is 6.48. The summed E-state index contributed by atoms with van der Waals surface area (Å²) >= 11 is 1.38. The van der Waals surface area contributed by atoms with Gasteiger partial charge in [-0.3, -0.25) is 0 Å². The van der Waals surface area contributed by atoms with E-state index in [2.05, 4.69) is 26.6 Å². The molecule has 1 N–H and O–H groups in total. The fourth-order valence-corrected chi connectivity index (χ4v) is 2.16. The molecule has 0 aliphatic heterocycles. The van der Waals surface area contributed by atoms with Crippen LogP contribution in [0.5, 0.6) is 0 Å². The second kappa shape index (κ2) is 5.27. The van der Waals surface area contributed by atoms with Crippen molar-refractivity contribution in [2.45, 2.75) is 39.7 Å². The zero-order chi connectivity index (χ0) is 12.3. The molecule has 2 rings (SSSR count). The number of aromatic nitrogens is 3. The van der Waals surface area contributed by atoms with Gasteiger partial charge < -0.3 is 9.73 Å². The number of hydrogen-bond donors (Lipinski definition) is 1. The maximum Gasteiger partial charge on any atom is 0.216 e. The summed E-state index contributed by atoms with van der Waals surface area (Å²) in [4.78, 5) is 8.58. The third-order valence-corrected chi connectivity index (χ3v) is 2.98. The summed E-state index contributed by atoms with van der Waals surface area (Å²) in [6.07, 6.45) is 3.70. The summed E-state index contributed by atoms with van der Waals surface area (Å²) in [6, 6.07) is 0.00567. The Labute approximate surface area is 104 Å². The molecule has 0 saturated carbocycles. The Balaban J connectivity index is 1.99. The van der Waals surface area contributed by atoms with E-state index in [1.54, 1.807) is 6.20 Å². The Morgan fingerprint density at radius 2 is 2.35 bits per heavy atom. The van der Waals surface area contributed by atoms with Crippen molar-refractivity contribution in [1.29, 1.82) is 0 Å². The van der Waals surface area contributed by atoms with E-state index in [0.717, 1.165) is 29.6 Å². The van der Waals surface area contributed by atoms with Crippen molar-refractivity contribution < 1.29 is 4.42 Å². The third kappa shape index (κ3) is 3.03. The highest BCUT2D eigenvalue weighted by Crippen LogP contribution is 2.20. The van der Waals surface area contributed by atoms with Crippen LogP contribution in [-0.2, 0) is 6.42 Å². The van der Waals surface area contributed by atoms with E-state index >= 15 is 0 Å². The molecule has 1 atom stereocenters. The van der Waals surface area contributed by atoms with Crippen LogP contribution in [0.2, 0.25) is 0 Å². The summed E-state index contributed by atoms with van der Waals surface area (Å²) in [5.74, 6) is 2.39. The fourth-order valence-electron chi connectivity index (χ4n) is 1.46. The van der Waals surface area contributed by atoms with Gasteiger partial charge in [0, 0.05) is 18.0 Å². The molecule has 5 nitrogen and oxygen atoms in total. The molecule has 17 heavy (non-hydrogen) atoms. The molecule has 1 unspecified atom stereocenters. The largest absolute Gasteiger partial charge is 0.444 e. The van der Waals surface area contributed by atoms with Gasteiger partial charge in [-0.2, -0.15) is 4.37 Å². The first-order valence-electron chi connectivity index (χ1n) is 5.70. The lowest BCUT2D eigenvalue weighted by molar-refractivity contribution is 0.453. The van der Waals surface area contributed by atoms with Gasteiger partial charge in [0.1, 0.15) is 17.6 Å². The van der Waals surface area contributed by atoms with Crippen LogP contribution in [0.1, 0.15) is 43.8 Å². The van der Waals surface area contributed by atoms with E-state index in [9.17, 15) is 0 Å². The van der Waals surface area contributed by atoms with E-state index in [0.29, 0.717) is 5.89 Å². The SMILES string of the molecule is CCCc1nsc(NC(C)c2ncc(C)o2)n1. The molecule has 0 aliphatic rings. The zero-order valence-electron chi connectivity index (χ0n) is 10.2. The summed E-state index contributed by atoms with van der Waals surface area (Å²) in [7, 11) is 0. The molecule has 0 amide bonds. The summed E-state index contributed by atoms with van der Waals surface area (Å²) in [6.45, 7) is 5.99. The van der Waals surface area contributed by atoms with Crippen LogP contribution in [0.3, 0.4) is 0 Å². The lowest BCUT2D eigenvalue weighted by atomic mass is 10.3. The number of aryl methyl sites for hydroxylation is 2. The smallest absolute Gasteiger partial charge is 0.216 e. The number of rotatable bonds is 5. The maximum absolute atomic E-state index is 5.45. The molecule has 0 aromatic carbocycles. The molecule has 2 aromatic heterocycles. The van der Waals surface area contributed by atoms with E-state index < -0.39 is 0 Å². The Bertz CT molecular complexity index is 479. The van der Waals surface area contributed by atoms with Gasteiger partial charge in [0.25, 0.3) is 0 Å². The standard InChI is InChI=1S/C11H16N4OS/c1-4-5-9-14-11(17-15-9)13-8(3)10-12-6-7(2)16-10/h6,8H,4-5H2,1-3H3,(H,13,14,15). The van der Waals surface area contributed by atoms with Crippen molar-refractivity contribution in [3.63, 3.8) is 0 Å². The van der Waals surface area contributed by atoms with E-state index in [-0.39, 0.29) is 6.04 Å². The van der Waals surface area contributed by atoms with Crippen LogP contribution in [0.4, 0.5) is 5.13 Å². The number of anilines is 1. The molecule has 0 fully saturated rings. The molecular formula is C11H16N4OS. The molecule has 6 heteroatoms. The molecule has 0 saturated heterocycles. The Morgan fingerprint density at radius 1 is 1.53 bits per heavy atom. The van der Waals surface area contributed by atoms with E-state index in [4.69, 9.17) is 4.42 Å². The number of oxazole rings is 1. The van der Waals surface area contributed by atoms with Crippen molar-refractivity contribution >= 4 is 16.7 Å². The summed E-state index contributed by atoms with van der Waals surface area (Å²) in [5.41, 5.74) is 0. The van der Waals surface area contributed by atoms with Crippen LogP contribution >= 0.6 is 11.5 Å². The first-order chi connectivity index (χ1) is 8.19. The van der Waals surface area contributed by atoms with Gasteiger partial charge in [-0.25, -0.2) is 9.97 Å². The predicted molar refractivity (Wildman–Crippen MR) is 67.2 cm³/mol. The Hall–Kier alpha value is -1.43. The minimum absolute atomic E-state index is 0.00567. The van der Waals surface area contributed by atoms with Crippen molar-refractivity contribution in [1.82, 2.24) is 14.3 Å². The van der Waals surface area contributed by atoms with Gasteiger partial charge in [-0.05, 0) is 20.3 Å². The van der Waals surface area contributed by atoms with Crippen LogP contribution in [0, 0.1) is 6.92 Å². The fraction of sp³-hybridized carbons (Fsp3) is 0.545. The number of nitrogens with one attached hydrogen (secondary N) is 1. The van der Waals surface area contributed by atoms with Crippen molar-refractivity contribution in [2.75, 3.05) is 5.32 Å². The quantitative estimate of drug-likeness (QED) is 0.886. The summed E-state index contributed by atoms with van der Waals surface area (Å²) in [5, 5.41) is 4.06. The van der Waals surface area contributed by atoms with Crippen molar-refractivity contribution in [2.24, 2.45) is 0 Å². The number of hydrogen-bond acceptors (Lipinski definition) is 6. The van der Waals surface area contributed by atoms with Crippen molar-refractivity contribution in [3.05, 3.63) is 23.7 Å². The van der Waals surface area contributed by atoms with Gasteiger partial charge in [-0.1, -0.05) is 6.92 Å². The highest BCUT2D eigenvalue weighted by molar-refractivity contribution is 7.09.